The molecule has 6 heterocycles. The summed E-state index contributed by atoms with van der Waals surface area (Å²) in [6, 6.07) is 7.24. The molecule has 6 aliphatic heterocycles. The van der Waals surface area contributed by atoms with E-state index in [1.807, 2.05) is 38.2 Å². The number of Topliss-reactive ketones (excluding diaryl/α,β-unsaturated/α-hetero) is 2. The van der Waals surface area contributed by atoms with Gasteiger partial charge in [0, 0.05) is 25.7 Å². The van der Waals surface area contributed by atoms with E-state index in [0.29, 0.717) is 101 Å². The van der Waals surface area contributed by atoms with Crippen molar-refractivity contribution < 1.29 is 103 Å². The normalized spacial score (nSPS) is 31.5. The molecule has 0 bridgehead atoms. The second kappa shape index (κ2) is 31.5. The molecule has 4 aliphatic carbocycles. The van der Waals surface area contributed by atoms with E-state index in [-0.39, 0.29) is 111 Å². The number of carbonyl (C=O) groups is 10. The molecule has 4 saturated carbocycles. The smallest absolute Gasteiger partial charge is 0.338 e. The quantitative estimate of drug-likeness (QED) is 0.101. The molecule has 10 aliphatic rings. The number of rotatable bonds is 14. The average molecular weight is 1540 g/mol. The molecule has 2 aromatic rings. The van der Waals surface area contributed by atoms with Gasteiger partial charge in [0.2, 0.25) is 43.7 Å². The van der Waals surface area contributed by atoms with Crippen molar-refractivity contribution in [1.82, 2.24) is 19.2 Å². The van der Waals surface area contributed by atoms with Gasteiger partial charge in [-0.25, -0.2) is 26.4 Å². The number of ketones is 2. The van der Waals surface area contributed by atoms with Crippen LogP contribution in [0.1, 0.15) is 219 Å². The summed E-state index contributed by atoms with van der Waals surface area (Å²) in [5.41, 5.74) is -3.75. The maximum absolute atomic E-state index is 14.7. The fraction of sp³-hybridized carbons (Fsp3) is 0.675. The van der Waals surface area contributed by atoms with Crippen LogP contribution < -0.4 is 28.4 Å². The van der Waals surface area contributed by atoms with Crippen molar-refractivity contribution in [3.05, 3.63) is 71.8 Å². The molecule has 12 rings (SSSR count). The summed E-state index contributed by atoms with van der Waals surface area (Å²) in [6.45, 7) is 23.0. The second-order valence-corrected chi connectivity index (χ2v) is 39.1. The number of benzene rings is 2. The number of sulfonamides is 2. The first-order valence-corrected chi connectivity index (χ1v) is 41.4. The summed E-state index contributed by atoms with van der Waals surface area (Å²) < 4.78 is 101. The summed E-state index contributed by atoms with van der Waals surface area (Å²) in [7, 11) is -7.95. The van der Waals surface area contributed by atoms with Gasteiger partial charge in [-0.05, 0) is 204 Å². The molecule has 0 radical (unpaired) electrons. The third-order valence-corrected chi connectivity index (χ3v) is 27.6. The predicted molar refractivity (Wildman–Crippen MR) is 394 cm³/mol. The third kappa shape index (κ3) is 18.8. The number of nitrogens with one attached hydrogen (secondary N) is 2. The van der Waals surface area contributed by atoms with Crippen LogP contribution in [0.3, 0.4) is 0 Å². The molecule has 0 unspecified atom stereocenters. The molecule has 6 fully saturated rings. The van der Waals surface area contributed by atoms with E-state index in [4.69, 9.17) is 37.9 Å². The first-order valence-electron chi connectivity index (χ1n) is 38.4. The Hall–Kier alpha value is -7.88. The van der Waals surface area contributed by atoms with Crippen LogP contribution in [0.4, 0.5) is 0 Å². The van der Waals surface area contributed by atoms with Gasteiger partial charge in [-0.3, -0.25) is 47.8 Å². The Bertz CT molecular complexity index is 3890. The Morgan fingerprint density at radius 1 is 0.519 bits per heavy atom. The monoisotopic (exact) mass is 1540 g/mol. The highest BCUT2D eigenvalue weighted by molar-refractivity contribution is 7.92. The largest absolute Gasteiger partial charge is 0.486 e. The van der Waals surface area contributed by atoms with Crippen LogP contribution in [0.5, 0.6) is 23.0 Å². The van der Waals surface area contributed by atoms with Crippen LogP contribution in [-0.2, 0) is 77.4 Å². The summed E-state index contributed by atoms with van der Waals surface area (Å²) in [6.07, 6.45) is 11.5. The topological polar surface area (TPSA) is 343 Å². The van der Waals surface area contributed by atoms with Gasteiger partial charge in [0.15, 0.2) is 34.6 Å². The molecular weight excluding hydrogens is 1430 g/mol. The van der Waals surface area contributed by atoms with Gasteiger partial charge in [-0.2, -0.15) is 0 Å². The Morgan fingerprint density at radius 2 is 0.870 bits per heavy atom. The Kier molecular flexibility index (Phi) is 23.6. The lowest BCUT2D eigenvalue weighted by atomic mass is 9.82. The second-order valence-electron chi connectivity index (χ2n) is 34.7. The first kappa shape index (κ1) is 81.1. The highest BCUT2D eigenvalue weighted by Gasteiger charge is 2.65. The van der Waals surface area contributed by atoms with Crippen LogP contribution in [0.15, 0.2) is 60.7 Å². The first-order chi connectivity index (χ1) is 50.6. The van der Waals surface area contributed by atoms with Crippen LogP contribution in [0, 0.1) is 58.2 Å². The molecule has 0 spiro atoms. The summed E-state index contributed by atoms with van der Waals surface area (Å²) >= 11 is 0. The minimum atomic E-state index is -3.97. The lowest BCUT2D eigenvalue weighted by Crippen LogP contribution is -2.48. The van der Waals surface area contributed by atoms with E-state index in [1.165, 1.54) is 21.9 Å². The van der Waals surface area contributed by atoms with E-state index in [2.05, 4.69) is 23.3 Å². The van der Waals surface area contributed by atoms with Gasteiger partial charge in [0.05, 0.1) is 81.3 Å². The maximum atomic E-state index is 14.7. The lowest BCUT2D eigenvalue weighted by Gasteiger charge is -2.32. The Labute approximate surface area is 634 Å². The van der Waals surface area contributed by atoms with E-state index in [1.54, 1.807) is 79.7 Å². The SMILES string of the molecule is C[C@@H]1CC/C=C\[C@@H]2C[C@@]2(C(=O)NS(=O)(=O)C2(C)CC2)CC(=O)[C@@H]2C[C@@H](OC(=O)c3ccc4c(c3)OCCO4)CN2C(=O)[C@@H](CC(=O)OC(C)(C)C)[C@H](C)C1.C[C@H]1CC/C=C\[C@@H]2C[C@@]2(C(=O)NS(=O)(=O)C2(C)CC2)CC(=O)[C@@H]2C[C@@H](OC(=O)c3ccc4c(c3)OCCO4)CN2C(=O)[C@@H](CC(=O)OC(C)(C)C)[C@H](C)C1. The van der Waals surface area contributed by atoms with Crippen molar-refractivity contribution in [2.75, 3.05) is 39.5 Å². The van der Waals surface area contributed by atoms with Crippen molar-refractivity contribution in [1.29, 1.82) is 0 Å². The van der Waals surface area contributed by atoms with Gasteiger partial charge in [-0.1, -0.05) is 52.0 Å². The fourth-order valence-electron chi connectivity index (χ4n) is 16.1. The number of ether oxygens (including phenoxy) is 8. The van der Waals surface area contributed by atoms with Crippen molar-refractivity contribution in [2.24, 2.45) is 58.2 Å². The summed E-state index contributed by atoms with van der Waals surface area (Å²) in [4.78, 5) is 142. The van der Waals surface area contributed by atoms with Crippen LogP contribution in [-0.4, -0.2) is 170 Å². The zero-order valence-electron chi connectivity index (χ0n) is 64.4. The third-order valence-electron chi connectivity index (χ3n) is 23.3. The van der Waals surface area contributed by atoms with Gasteiger partial charge >= 0.3 is 23.9 Å². The number of hydrogen-bond acceptors (Lipinski definition) is 22. The fourth-order valence-corrected chi connectivity index (χ4v) is 18.7. The van der Waals surface area contributed by atoms with E-state index >= 15 is 0 Å². The zero-order chi connectivity index (χ0) is 78.4. The highest BCUT2D eigenvalue weighted by Crippen LogP contribution is 2.59. The predicted octanol–water partition coefficient (Wildman–Crippen LogP) is 9.82. The number of hydrogen-bond donors (Lipinski definition) is 2. The molecule has 592 valence electrons. The van der Waals surface area contributed by atoms with Gasteiger partial charge < -0.3 is 47.7 Å². The number of amides is 4. The van der Waals surface area contributed by atoms with Crippen molar-refractivity contribution in [2.45, 2.75) is 244 Å². The number of esters is 4. The molecule has 14 atom stereocenters. The molecule has 2 aromatic carbocycles. The maximum Gasteiger partial charge on any atom is 0.338 e. The minimum absolute atomic E-state index is 0.0284. The number of carbonyl (C=O) groups excluding carboxylic acids is 10. The molecule has 0 aromatic heterocycles. The number of nitrogens with zero attached hydrogens (tertiary/aromatic N) is 2. The minimum Gasteiger partial charge on any atom is -0.486 e. The molecule has 4 amide bonds. The molecule has 2 N–H and O–H groups in total. The van der Waals surface area contributed by atoms with Crippen LogP contribution in [0.2, 0.25) is 0 Å². The van der Waals surface area contributed by atoms with Gasteiger partial charge in [0.25, 0.3) is 0 Å². The van der Waals surface area contributed by atoms with Crippen molar-refractivity contribution >= 4 is 79.1 Å². The molecule has 28 heteroatoms. The highest BCUT2D eigenvalue weighted by atomic mass is 32.2. The lowest BCUT2D eigenvalue weighted by molar-refractivity contribution is -0.160. The van der Waals surface area contributed by atoms with Gasteiger partial charge in [0.1, 0.15) is 49.8 Å². The average Bonchev–Trinajstić information content (AvgIpc) is 1.58. The van der Waals surface area contributed by atoms with Crippen LogP contribution >= 0.6 is 0 Å². The van der Waals surface area contributed by atoms with E-state index in [0.717, 1.165) is 12.8 Å². The Balaban J connectivity index is 0.000000215. The molecule has 108 heavy (non-hydrogen) atoms. The molecular formula is C80H108N4O22S2. The van der Waals surface area contributed by atoms with Crippen LogP contribution in [0.25, 0.3) is 0 Å². The number of allylic oxidation sites excluding steroid dienone is 4. The van der Waals surface area contributed by atoms with E-state index in [9.17, 15) is 64.8 Å². The van der Waals surface area contributed by atoms with E-state index < -0.39 is 147 Å². The van der Waals surface area contributed by atoms with Gasteiger partial charge in [-0.15, -0.1) is 0 Å². The summed E-state index contributed by atoms with van der Waals surface area (Å²) in [5, 5.41) is 0. The number of fused-ring (bicyclic) bond motifs is 6. The van der Waals surface area contributed by atoms with Crippen molar-refractivity contribution in [3.63, 3.8) is 0 Å². The zero-order valence-corrected chi connectivity index (χ0v) is 66.0. The molecule has 26 nitrogen and oxygen atoms in total. The summed E-state index contributed by atoms with van der Waals surface area (Å²) in [5.74, 6) is -6.32. The van der Waals surface area contributed by atoms with Crippen molar-refractivity contribution in [3.8, 4) is 23.0 Å². The standard InChI is InChI=1S/2C40H54N2O11S/c2*1-24-9-7-8-10-27-21-40(27,37(47)41-54(48,49)39(6)13-14-39)22-31(43)30-19-28(52-36(46)26-11-12-32-33(18-26)51-16-15-50-32)23-42(30)35(45)29(25(2)17-24)20-34(44)53-38(3,4)5/h2*8,10-12,18,24-25,27-30H,7,9,13-17,19-23H2,1-6H3,(H,41,47)/b2*10-8-/t24-,25+,27+,28+,29-,30-,40+;24-,25-,27-,28-,29+,30+,40-/m01/s1. The molecule has 2 saturated heterocycles. The Morgan fingerprint density at radius 3 is 1.21 bits per heavy atom.